The molecule has 210 valence electrons. The normalized spacial score (nSPS) is 13.3. The molecule has 0 aromatic heterocycles. The number of hydrogen-bond donors (Lipinski definition) is 1. The number of aryl methyl sites for hydroxylation is 1. The lowest BCUT2D eigenvalue weighted by Gasteiger charge is -2.34. The quantitative estimate of drug-likeness (QED) is 0.183. The Morgan fingerprint density at radius 2 is 1.40 bits per heavy atom. The van der Waals surface area contributed by atoms with Crippen molar-refractivity contribution >= 4 is 62.8 Å². The van der Waals surface area contributed by atoms with Crippen molar-refractivity contribution in [3.63, 3.8) is 0 Å². The van der Waals surface area contributed by atoms with Crippen molar-refractivity contribution in [2.24, 2.45) is 0 Å². The number of imide groups is 2. The van der Waals surface area contributed by atoms with E-state index in [1.54, 1.807) is 78.9 Å². The third-order valence-electron chi connectivity index (χ3n) is 6.79. The molecule has 4 aromatic rings. The van der Waals surface area contributed by atoms with Gasteiger partial charge in [0.15, 0.2) is 6.61 Å². The van der Waals surface area contributed by atoms with E-state index in [-0.39, 0.29) is 23.8 Å². The lowest BCUT2D eigenvalue weighted by Crippen LogP contribution is -2.57. The van der Waals surface area contributed by atoms with Crippen LogP contribution in [-0.4, -0.2) is 30.4 Å². The molecule has 0 atom stereocenters. The van der Waals surface area contributed by atoms with Crippen LogP contribution in [0.5, 0.6) is 5.75 Å². The van der Waals surface area contributed by atoms with E-state index in [0.717, 1.165) is 20.9 Å². The van der Waals surface area contributed by atoms with Crippen LogP contribution in [0.4, 0.5) is 21.9 Å². The molecule has 0 bridgehead atoms. The van der Waals surface area contributed by atoms with E-state index in [4.69, 9.17) is 4.74 Å². The minimum atomic E-state index is -0.784. The van der Waals surface area contributed by atoms with E-state index >= 15 is 0 Å². The Morgan fingerprint density at radius 3 is 2.00 bits per heavy atom. The molecule has 5 amide bonds. The highest BCUT2D eigenvalue weighted by Crippen LogP contribution is 2.32. The fraction of sp³-hybridized carbons (Fsp3) is 0.0909. The van der Waals surface area contributed by atoms with Crippen LogP contribution in [0.15, 0.2) is 107 Å². The Kier molecular flexibility index (Phi) is 8.31. The van der Waals surface area contributed by atoms with Crippen molar-refractivity contribution in [3.8, 4) is 5.75 Å². The summed E-state index contributed by atoms with van der Waals surface area (Å²) in [6.07, 6.45) is 1.38. The van der Waals surface area contributed by atoms with Gasteiger partial charge in [0.1, 0.15) is 11.3 Å². The van der Waals surface area contributed by atoms with Gasteiger partial charge in [-0.2, -0.15) is 0 Å². The van der Waals surface area contributed by atoms with E-state index in [0.29, 0.717) is 27.1 Å². The van der Waals surface area contributed by atoms with Gasteiger partial charge in [0, 0.05) is 15.7 Å². The SMILES string of the molecule is Cc1cccc(NC(=O)COc2ccc(Br)cc2C=C2C(=O)N(c3ccccc3)C(=O)N(c3ccccc3)C2=O)c1C. The summed E-state index contributed by atoms with van der Waals surface area (Å²) in [5.41, 5.74) is 3.45. The van der Waals surface area contributed by atoms with Crippen LogP contribution in [-0.2, 0) is 14.4 Å². The zero-order chi connectivity index (χ0) is 29.8. The van der Waals surface area contributed by atoms with Crippen molar-refractivity contribution in [1.29, 1.82) is 0 Å². The minimum absolute atomic E-state index is 0.245. The van der Waals surface area contributed by atoms with Crippen LogP contribution < -0.4 is 19.9 Å². The van der Waals surface area contributed by atoms with Gasteiger partial charge in [0.05, 0.1) is 11.4 Å². The highest BCUT2D eigenvalue weighted by molar-refractivity contribution is 9.10. The van der Waals surface area contributed by atoms with Crippen LogP contribution in [0, 0.1) is 13.8 Å². The van der Waals surface area contributed by atoms with Gasteiger partial charge in [0.2, 0.25) is 0 Å². The number of amides is 5. The van der Waals surface area contributed by atoms with Crippen molar-refractivity contribution in [1.82, 2.24) is 0 Å². The van der Waals surface area contributed by atoms with E-state index in [2.05, 4.69) is 21.2 Å². The predicted octanol–water partition coefficient (Wildman–Crippen LogP) is 6.67. The van der Waals surface area contributed by atoms with Crippen LogP contribution in [0.3, 0.4) is 0 Å². The molecule has 8 nitrogen and oxygen atoms in total. The number of ether oxygens (including phenoxy) is 1. The second-order valence-electron chi connectivity index (χ2n) is 9.56. The number of anilines is 3. The number of benzene rings is 4. The number of nitrogens with zero attached hydrogens (tertiary/aromatic N) is 2. The van der Waals surface area contributed by atoms with Crippen molar-refractivity contribution in [2.45, 2.75) is 13.8 Å². The first-order chi connectivity index (χ1) is 20.2. The van der Waals surface area contributed by atoms with Crippen LogP contribution >= 0.6 is 15.9 Å². The summed E-state index contributed by atoms with van der Waals surface area (Å²) in [5, 5.41) is 2.85. The highest BCUT2D eigenvalue weighted by Gasteiger charge is 2.43. The number of urea groups is 1. The second-order valence-corrected chi connectivity index (χ2v) is 10.5. The zero-order valence-electron chi connectivity index (χ0n) is 22.8. The Morgan fingerprint density at radius 1 is 0.810 bits per heavy atom. The Labute approximate surface area is 251 Å². The summed E-state index contributed by atoms with van der Waals surface area (Å²) in [4.78, 5) is 55.7. The molecule has 0 spiro atoms. The topological polar surface area (TPSA) is 96.0 Å². The van der Waals surface area contributed by atoms with Gasteiger partial charge in [-0.3, -0.25) is 14.4 Å². The Bertz CT molecular complexity index is 1660. The molecule has 4 aromatic carbocycles. The summed E-state index contributed by atoms with van der Waals surface area (Å²) < 4.78 is 6.52. The third kappa shape index (κ3) is 5.87. The molecule has 1 fully saturated rings. The molecule has 1 N–H and O–H groups in total. The maximum absolute atomic E-state index is 13.7. The number of barbiturate groups is 1. The highest BCUT2D eigenvalue weighted by atomic mass is 79.9. The molecular formula is C33H26BrN3O5. The van der Waals surface area contributed by atoms with Gasteiger partial charge in [-0.1, -0.05) is 64.5 Å². The van der Waals surface area contributed by atoms with Crippen molar-refractivity contribution < 1.29 is 23.9 Å². The molecule has 0 aliphatic carbocycles. The van der Waals surface area contributed by atoms with Crippen LogP contribution in [0.1, 0.15) is 16.7 Å². The fourth-order valence-corrected chi connectivity index (χ4v) is 4.85. The maximum Gasteiger partial charge on any atom is 0.343 e. The molecule has 1 aliphatic heterocycles. The van der Waals surface area contributed by atoms with E-state index in [1.807, 2.05) is 32.0 Å². The first-order valence-corrected chi connectivity index (χ1v) is 13.9. The molecule has 9 heteroatoms. The summed E-state index contributed by atoms with van der Waals surface area (Å²) in [5.74, 6) is -1.65. The minimum Gasteiger partial charge on any atom is -0.483 e. The smallest absolute Gasteiger partial charge is 0.343 e. The number of carbonyl (C=O) groups is 4. The monoisotopic (exact) mass is 623 g/mol. The number of nitrogens with one attached hydrogen (secondary N) is 1. The number of hydrogen-bond acceptors (Lipinski definition) is 5. The van der Waals surface area contributed by atoms with Crippen molar-refractivity contribution in [3.05, 3.63) is 124 Å². The zero-order valence-corrected chi connectivity index (χ0v) is 24.4. The first-order valence-electron chi connectivity index (χ1n) is 13.1. The van der Waals surface area contributed by atoms with Gasteiger partial charge < -0.3 is 10.1 Å². The summed E-state index contributed by atoms with van der Waals surface area (Å²) in [6, 6.07) is 26.7. The lowest BCUT2D eigenvalue weighted by atomic mass is 10.0. The lowest BCUT2D eigenvalue weighted by molar-refractivity contribution is -0.121. The van der Waals surface area contributed by atoms with E-state index in [1.165, 1.54) is 6.08 Å². The summed E-state index contributed by atoms with van der Waals surface area (Å²) in [6.45, 7) is 3.57. The van der Waals surface area contributed by atoms with Gasteiger partial charge in [-0.05, 0) is 79.6 Å². The maximum atomic E-state index is 13.7. The average molecular weight is 624 g/mol. The first kappa shape index (κ1) is 28.5. The number of para-hydroxylation sites is 2. The molecule has 1 saturated heterocycles. The third-order valence-corrected chi connectivity index (χ3v) is 7.28. The number of halogens is 1. The molecule has 42 heavy (non-hydrogen) atoms. The average Bonchev–Trinajstić information content (AvgIpc) is 2.98. The van der Waals surface area contributed by atoms with Gasteiger partial charge in [-0.25, -0.2) is 14.6 Å². The number of rotatable bonds is 7. The van der Waals surface area contributed by atoms with Gasteiger partial charge in [-0.15, -0.1) is 0 Å². The van der Waals surface area contributed by atoms with E-state index in [9.17, 15) is 19.2 Å². The summed E-state index contributed by atoms with van der Waals surface area (Å²) in [7, 11) is 0. The number of carbonyl (C=O) groups excluding carboxylic acids is 4. The fourth-order valence-electron chi connectivity index (χ4n) is 4.47. The largest absolute Gasteiger partial charge is 0.483 e. The van der Waals surface area contributed by atoms with Gasteiger partial charge in [0.25, 0.3) is 17.7 Å². The molecular weight excluding hydrogens is 598 g/mol. The molecule has 0 saturated carbocycles. The Balaban J connectivity index is 1.49. The standard InChI is InChI=1S/C33H26BrN3O5/c1-21-10-9-15-28(22(21)2)35-30(38)20-42-29-17-16-24(34)18-23(29)19-27-31(39)36(25-11-5-3-6-12-25)33(41)37(32(27)40)26-13-7-4-8-14-26/h3-19H,20H2,1-2H3,(H,35,38). The van der Waals surface area contributed by atoms with Crippen LogP contribution in [0.2, 0.25) is 0 Å². The van der Waals surface area contributed by atoms with E-state index < -0.39 is 17.8 Å². The molecule has 1 aliphatic rings. The van der Waals surface area contributed by atoms with Crippen molar-refractivity contribution in [2.75, 3.05) is 21.7 Å². The van der Waals surface area contributed by atoms with Crippen LogP contribution in [0.25, 0.3) is 6.08 Å². The molecule has 0 unspecified atom stereocenters. The van der Waals surface area contributed by atoms with Gasteiger partial charge >= 0.3 is 6.03 Å². The second kappa shape index (κ2) is 12.2. The molecule has 0 radical (unpaired) electrons. The summed E-state index contributed by atoms with van der Waals surface area (Å²) >= 11 is 3.43. The molecule has 5 rings (SSSR count). The predicted molar refractivity (Wildman–Crippen MR) is 165 cm³/mol. The Hall–Kier alpha value is -5.02. The molecule has 1 heterocycles.